The first-order chi connectivity index (χ1) is 7.64. The molecule has 0 aliphatic carbocycles. The van der Waals surface area contributed by atoms with Crippen LogP contribution in [0, 0.1) is 6.92 Å². The van der Waals surface area contributed by atoms with Gasteiger partial charge in [-0.25, -0.2) is 18.4 Å². The summed E-state index contributed by atoms with van der Waals surface area (Å²) in [7, 11) is -5.34. The summed E-state index contributed by atoms with van der Waals surface area (Å²) in [6.45, 7) is 1.74. The Balaban J connectivity index is 2.90. The first kappa shape index (κ1) is 13.5. The van der Waals surface area contributed by atoms with Crippen molar-refractivity contribution in [3.05, 3.63) is 29.8 Å². The van der Waals surface area contributed by atoms with Gasteiger partial charge in [-0.1, -0.05) is 17.7 Å². The van der Waals surface area contributed by atoms with Crippen molar-refractivity contribution in [1.82, 2.24) is 0 Å². The standard InChI is InChI=1S/C9H9F2NO4S/c1-6-2-4-7(5-3-6)16-8(13)9(10,11)17(12,14)15/h2-5H,1H3,(H2,12,14,15). The normalized spacial score (nSPS) is 12.2. The average Bonchev–Trinajstić information content (AvgIpc) is 2.19. The minimum Gasteiger partial charge on any atom is -0.421 e. The second-order valence-electron chi connectivity index (χ2n) is 3.26. The minimum absolute atomic E-state index is 0.191. The maximum atomic E-state index is 12.9. The summed E-state index contributed by atoms with van der Waals surface area (Å²) < 4.78 is 50.9. The van der Waals surface area contributed by atoms with E-state index >= 15 is 0 Å². The molecule has 0 heterocycles. The Hall–Kier alpha value is -1.54. The third kappa shape index (κ3) is 2.98. The van der Waals surface area contributed by atoms with E-state index in [1.165, 1.54) is 24.3 Å². The molecule has 1 rings (SSSR count). The number of alkyl halides is 2. The zero-order valence-electron chi connectivity index (χ0n) is 8.68. The summed E-state index contributed by atoms with van der Waals surface area (Å²) in [5.74, 6) is -2.42. The van der Waals surface area contributed by atoms with Gasteiger partial charge in [0.25, 0.3) is 10.0 Å². The number of benzene rings is 1. The van der Waals surface area contributed by atoms with Gasteiger partial charge >= 0.3 is 11.2 Å². The maximum absolute atomic E-state index is 12.9. The van der Waals surface area contributed by atoms with Crippen molar-refractivity contribution in [3.8, 4) is 5.75 Å². The van der Waals surface area contributed by atoms with Crippen LogP contribution >= 0.6 is 0 Å². The molecule has 17 heavy (non-hydrogen) atoms. The van der Waals surface area contributed by atoms with Crippen LogP contribution in [0.4, 0.5) is 8.78 Å². The Kier molecular flexibility index (Phi) is 3.48. The summed E-state index contributed by atoms with van der Waals surface area (Å²) in [5.41, 5.74) is 0.822. The van der Waals surface area contributed by atoms with E-state index in [1.54, 1.807) is 6.92 Å². The molecule has 1 aromatic carbocycles. The lowest BCUT2D eigenvalue weighted by atomic mass is 10.2. The Morgan fingerprint density at radius 1 is 1.29 bits per heavy atom. The van der Waals surface area contributed by atoms with Gasteiger partial charge in [0.15, 0.2) is 0 Å². The fourth-order valence-corrected chi connectivity index (χ4v) is 1.16. The van der Waals surface area contributed by atoms with Gasteiger partial charge in [-0.05, 0) is 19.1 Å². The van der Waals surface area contributed by atoms with Gasteiger partial charge in [0.05, 0.1) is 0 Å². The summed E-state index contributed by atoms with van der Waals surface area (Å²) >= 11 is 0. The van der Waals surface area contributed by atoms with Crippen molar-refractivity contribution >= 4 is 16.0 Å². The molecule has 0 aromatic heterocycles. The van der Waals surface area contributed by atoms with E-state index in [4.69, 9.17) is 0 Å². The summed E-state index contributed by atoms with van der Waals surface area (Å²) in [6.07, 6.45) is 0. The first-order valence-corrected chi connectivity index (χ1v) is 5.88. The molecule has 94 valence electrons. The van der Waals surface area contributed by atoms with E-state index < -0.39 is 21.2 Å². The number of carbonyl (C=O) groups excluding carboxylic acids is 1. The fraction of sp³-hybridized carbons (Fsp3) is 0.222. The van der Waals surface area contributed by atoms with Crippen LogP contribution in [0.1, 0.15) is 5.56 Å². The average molecular weight is 265 g/mol. The molecule has 0 atom stereocenters. The number of ether oxygens (including phenoxy) is 1. The van der Waals surface area contributed by atoms with E-state index in [2.05, 4.69) is 9.88 Å². The number of primary sulfonamides is 1. The highest BCUT2D eigenvalue weighted by Crippen LogP contribution is 2.22. The number of esters is 1. The second-order valence-corrected chi connectivity index (χ2v) is 4.87. The van der Waals surface area contributed by atoms with Crippen molar-refractivity contribution in [3.63, 3.8) is 0 Å². The molecule has 8 heteroatoms. The number of nitrogens with two attached hydrogens (primary N) is 1. The largest absolute Gasteiger partial charge is 0.454 e. The highest BCUT2D eigenvalue weighted by Gasteiger charge is 2.53. The van der Waals surface area contributed by atoms with Crippen LogP contribution < -0.4 is 9.88 Å². The van der Waals surface area contributed by atoms with Crippen LogP contribution in [0.2, 0.25) is 0 Å². The van der Waals surface area contributed by atoms with Crippen LogP contribution in [-0.4, -0.2) is 19.6 Å². The van der Waals surface area contributed by atoms with E-state index in [9.17, 15) is 22.0 Å². The first-order valence-electron chi connectivity index (χ1n) is 4.33. The van der Waals surface area contributed by atoms with Crippen LogP contribution in [0.15, 0.2) is 24.3 Å². The molecule has 0 aliphatic heterocycles. The third-order valence-electron chi connectivity index (χ3n) is 1.83. The number of hydrogen-bond donors (Lipinski definition) is 1. The topological polar surface area (TPSA) is 86.5 Å². The quantitative estimate of drug-likeness (QED) is 0.646. The summed E-state index contributed by atoms with van der Waals surface area (Å²) in [6, 6.07) is 5.54. The molecule has 2 N–H and O–H groups in total. The van der Waals surface area contributed by atoms with Gasteiger partial charge in [0, 0.05) is 0 Å². The van der Waals surface area contributed by atoms with E-state index in [-0.39, 0.29) is 5.75 Å². The number of rotatable bonds is 3. The van der Waals surface area contributed by atoms with Gasteiger partial charge in [-0.3, -0.25) is 0 Å². The lowest BCUT2D eigenvalue weighted by Gasteiger charge is -2.12. The molecule has 0 fully saturated rings. The SMILES string of the molecule is Cc1ccc(OC(=O)C(F)(F)S(N)(=O)=O)cc1. The number of aryl methyl sites for hydroxylation is 1. The van der Waals surface area contributed by atoms with Gasteiger partial charge in [0.1, 0.15) is 5.75 Å². The van der Waals surface area contributed by atoms with E-state index in [0.29, 0.717) is 0 Å². The number of hydrogen-bond acceptors (Lipinski definition) is 4. The molecule has 0 spiro atoms. The van der Waals surface area contributed by atoms with E-state index in [0.717, 1.165) is 5.56 Å². The summed E-state index contributed by atoms with van der Waals surface area (Å²) in [4.78, 5) is 10.9. The molecule has 5 nitrogen and oxygen atoms in total. The Labute approximate surface area is 96.2 Å². The molecule has 0 unspecified atom stereocenters. The van der Waals surface area contributed by atoms with Crippen molar-refractivity contribution in [2.75, 3.05) is 0 Å². The zero-order valence-corrected chi connectivity index (χ0v) is 9.50. The van der Waals surface area contributed by atoms with Crippen molar-refractivity contribution in [2.24, 2.45) is 5.14 Å². The summed E-state index contributed by atoms with van der Waals surface area (Å²) in [5, 5.41) is -0.553. The smallest absolute Gasteiger partial charge is 0.421 e. The van der Waals surface area contributed by atoms with Gasteiger partial charge < -0.3 is 4.74 Å². The molecule has 0 saturated heterocycles. The van der Waals surface area contributed by atoms with E-state index in [1.807, 2.05) is 0 Å². The number of sulfonamides is 1. The van der Waals surface area contributed by atoms with Gasteiger partial charge in [-0.2, -0.15) is 8.78 Å². The van der Waals surface area contributed by atoms with Gasteiger partial charge in [-0.15, -0.1) is 0 Å². The predicted molar refractivity (Wildman–Crippen MR) is 54.9 cm³/mol. The number of halogens is 2. The lowest BCUT2D eigenvalue weighted by Crippen LogP contribution is -2.44. The third-order valence-corrected chi connectivity index (χ3v) is 2.71. The molecule has 0 bridgehead atoms. The van der Waals surface area contributed by atoms with Crippen LogP contribution in [0.3, 0.4) is 0 Å². The van der Waals surface area contributed by atoms with Crippen LogP contribution in [-0.2, 0) is 14.8 Å². The Morgan fingerprint density at radius 3 is 2.18 bits per heavy atom. The van der Waals surface area contributed by atoms with Crippen molar-refractivity contribution < 1.29 is 26.7 Å². The molecular weight excluding hydrogens is 256 g/mol. The molecular formula is C9H9F2NO4S. The lowest BCUT2D eigenvalue weighted by molar-refractivity contribution is -0.150. The van der Waals surface area contributed by atoms with Crippen LogP contribution in [0.5, 0.6) is 5.75 Å². The monoisotopic (exact) mass is 265 g/mol. The fourth-order valence-electron chi connectivity index (χ4n) is 0.889. The van der Waals surface area contributed by atoms with Crippen molar-refractivity contribution in [2.45, 2.75) is 12.2 Å². The van der Waals surface area contributed by atoms with Gasteiger partial charge in [0.2, 0.25) is 0 Å². The predicted octanol–water partition coefficient (Wildman–Crippen LogP) is 0.782. The molecule has 1 aromatic rings. The van der Waals surface area contributed by atoms with Crippen molar-refractivity contribution in [1.29, 1.82) is 0 Å². The highest BCUT2D eigenvalue weighted by atomic mass is 32.2. The molecule has 0 saturated carbocycles. The molecule has 0 radical (unpaired) electrons. The molecule has 0 amide bonds. The second kappa shape index (κ2) is 4.38. The minimum atomic E-state index is -5.34. The number of carbonyl (C=O) groups is 1. The highest BCUT2D eigenvalue weighted by molar-refractivity contribution is 7.91. The maximum Gasteiger partial charge on any atom is 0.454 e. The Morgan fingerprint density at radius 2 is 1.76 bits per heavy atom. The molecule has 0 aliphatic rings. The zero-order chi connectivity index (χ0) is 13.3. The Bertz CT molecular complexity index is 524. The van der Waals surface area contributed by atoms with Crippen LogP contribution in [0.25, 0.3) is 0 Å².